The molecule has 0 aliphatic rings. The minimum Gasteiger partial charge on any atom is -0.330 e. The van der Waals surface area contributed by atoms with Gasteiger partial charge in [0.1, 0.15) is 0 Å². The highest BCUT2D eigenvalue weighted by atomic mass is 14.6. The van der Waals surface area contributed by atoms with Crippen LogP contribution in [0.1, 0.15) is 46.5 Å². The van der Waals surface area contributed by atoms with E-state index in [9.17, 15) is 0 Å². The second kappa shape index (κ2) is 5.55. The van der Waals surface area contributed by atoms with E-state index in [4.69, 9.17) is 11.5 Å². The fourth-order valence-corrected chi connectivity index (χ4v) is 1.44. The van der Waals surface area contributed by atoms with Gasteiger partial charge in [0, 0.05) is 6.04 Å². The van der Waals surface area contributed by atoms with Crippen molar-refractivity contribution in [3.63, 3.8) is 0 Å². The van der Waals surface area contributed by atoms with Gasteiger partial charge in [-0.1, -0.05) is 27.2 Å². The molecule has 1 atom stereocenters. The van der Waals surface area contributed by atoms with Crippen molar-refractivity contribution >= 4 is 0 Å². The van der Waals surface area contributed by atoms with Crippen LogP contribution in [0.25, 0.3) is 0 Å². The number of hydrogen-bond acceptors (Lipinski definition) is 2. The van der Waals surface area contributed by atoms with Gasteiger partial charge in [-0.25, -0.2) is 0 Å². The molecule has 12 heavy (non-hydrogen) atoms. The molecule has 74 valence electrons. The van der Waals surface area contributed by atoms with Crippen LogP contribution in [0.3, 0.4) is 0 Å². The third-order valence-corrected chi connectivity index (χ3v) is 1.90. The molecule has 0 heterocycles. The lowest BCUT2D eigenvalue weighted by Crippen LogP contribution is -2.26. The zero-order chi connectivity index (χ0) is 9.61. The third kappa shape index (κ3) is 8.02. The van der Waals surface area contributed by atoms with Gasteiger partial charge < -0.3 is 11.5 Å². The summed E-state index contributed by atoms with van der Waals surface area (Å²) in [6.45, 7) is 7.49. The summed E-state index contributed by atoms with van der Waals surface area (Å²) in [4.78, 5) is 0. The van der Waals surface area contributed by atoms with Crippen LogP contribution in [0.5, 0.6) is 0 Å². The van der Waals surface area contributed by atoms with Crippen LogP contribution in [0.2, 0.25) is 0 Å². The molecule has 0 rings (SSSR count). The van der Waals surface area contributed by atoms with Crippen LogP contribution < -0.4 is 11.5 Å². The maximum absolute atomic E-state index is 5.96. The average Bonchev–Trinajstić information content (AvgIpc) is 1.84. The van der Waals surface area contributed by atoms with Crippen molar-refractivity contribution < 1.29 is 0 Å². The molecule has 2 heteroatoms. The topological polar surface area (TPSA) is 52.0 Å². The first-order valence-corrected chi connectivity index (χ1v) is 4.91. The first-order chi connectivity index (χ1) is 5.45. The molecular formula is C10H24N2. The Balaban J connectivity index is 3.40. The largest absolute Gasteiger partial charge is 0.330 e. The summed E-state index contributed by atoms with van der Waals surface area (Å²) in [5.41, 5.74) is 11.7. The van der Waals surface area contributed by atoms with E-state index >= 15 is 0 Å². The Hall–Kier alpha value is -0.0800. The van der Waals surface area contributed by atoms with Gasteiger partial charge in [0.15, 0.2) is 0 Å². The average molecular weight is 172 g/mol. The third-order valence-electron chi connectivity index (χ3n) is 1.90. The van der Waals surface area contributed by atoms with E-state index in [1.165, 1.54) is 6.42 Å². The number of nitrogens with two attached hydrogens (primary N) is 2. The van der Waals surface area contributed by atoms with Crippen molar-refractivity contribution in [3.8, 4) is 0 Å². The van der Waals surface area contributed by atoms with Crippen LogP contribution >= 0.6 is 0 Å². The molecule has 2 nitrogen and oxygen atoms in total. The quantitative estimate of drug-likeness (QED) is 0.622. The normalized spacial score (nSPS) is 14.8. The van der Waals surface area contributed by atoms with Crippen molar-refractivity contribution in [2.75, 3.05) is 6.54 Å². The predicted molar refractivity (Wildman–Crippen MR) is 55.0 cm³/mol. The van der Waals surface area contributed by atoms with Crippen LogP contribution in [-0.4, -0.2) is 12.6 Å². The second-order valence-corrected chi connectivity index (χ2v) is 4.81. The predicted octanol–water partition coefficient (Wildman–Crippen LogP) is 1.88. The Bertz CT molecular complexity index is 105. The Morgan fingerprint density at radius 1 is 1.17 bits per heavy atom. The molecule has 0 amide bonds. The van der Waals surface area contributed by atoms with E-state index in [0.717, 1.165) is 25.8 Å². The molecule has 0 bridgehead atoms. The minimum atomic E-state index is 0.358. The van der Waals surface area contributed by atoms with E-state index in [2.05, 4.69) is 20.8 Å². The summed E-state index contributed by atoms with van der Waals surface area (Å²) in [5, 5.41) is 0. The first-order valence-electron chi connectivity index (χ1n) is 4.91. The van der Waals surface area contributed by atoms with Crippen molar-refractivity contribution in [3.05, 3.63) is 0 Å². The van der Waals surface area contributed by atoms with Crippen LogP contribution in [0.15, 0.2) is 0 Å². The standard InChI is InChI=1S/C10H24N2/c1-10(2,3)8-9(12)6-4-5-7-11/h9H,4-8,11-12H2,1-3H3. The summed E-state index contributed by atoms with van der Waals surface area (Å²) in [6.07, 6.45) is 4.51. The molecule has 0 saturated carbocycles. The molecule has 0 radical (unpaired) electrons. The van der Waals surface area contributed by atoms with Crippen molar-refractivity contribution in [2.24, 2.45) is 16.9 Å². The zero-order valence-corrected chi connectivity index (χ0v) is 8.77. The molecule has 0 aromatic carbocycles. The van der Waals surface area contributed by atoms with E-state index in [1.54, 1.807) is 0 Å². The number of unbranched alkanes of at least 4 members (excludes halogenated alkanes) is 1. The van der Waals surface area contributed by atoms with Crippen LogP contribution in [-0.2, 0) is 0 Å². The van der Waals surface area contributed by atoms with Gasteiger partial charge >= 0.3 is 0 Å². The minimum absolute atomic E-state index is 0.358. The zero-order valence-electron chi connectivity index (χ0n) is 8.77. The van der Waals surface area contributed by atoms with Crippen molar-refractivity contribution in [2.45, 2.75) is 52.5 Å². The molecule has 0 aliphatic heterocycles. The van der Waals surface area contributed by atoms with E-state index in [0.29, 0.717) is 11.5 Å². The number of hydrogen-bond donors (Lipinski definition) is 2. The summed E-state index contributed by atoms with van der Waals surface area (Å²) in [7, 11) is 0. The maximum Gasteiger partial charge on any atom is 0.00438 e. The van der Waals surface area contributed by atoms with Gasteiger partial charge in [0.25, 0.3) is 0 Å². The van der Waals surface area contributed by atoms with Gasteiger partial charge in [0.2, 0.25) is 0 Å². The Morgan fingerprint density at radius 2 is 1.75 bits per heavy atom. The summed E-state index contributed by atoms with van der Waals surface area (Å²) >= 11 is 0. The molecule has 0 saturated heterocycles. The smallest absolute Gasteiger partial charge is 0.00438 e. The van der Waals surface area contributed by atoms with Crippen LogP contribution in [0.4, 0.5) is 0 Å². The summed E-state index contributed by atoms with van der Waals surface area (Å²) in [6, 6.07) is 0.358. The lowest BCUT2D eigenvalue weighted by Gasteiger charge is -2.22. The van der Waals surface area contributed by atoms with Gasteiger partial charge in [0.05, 0.1) is 0 Å². The van der Waals surface area contributed by atoms with Gasteiger partial charge in [-0.15, -0.1) is 0 Å². The molecular weight excluding hydrogens is 148 g/mol. The molecule has 0 spiro atoms. The summed E-state index contributed by atoms with van der Waals surface area (Å²) < 4.78 is 0. The first kappa shape index (κ1) is 11.9. The highest BCUT2D eigenvalue weighted by molar-refractivity contribution is 4.71. The van der Waals surface area contributed by atoms with E-state index in [-0.39, 0.29) is 0 Å². The fourth-order valence-electron chi connectivity index (χ4n) is 1.44. The summed E-state index contributed by atoms with van der Waals surface area (Å²) in [5.74, 6) is 0. The Morgan fingerprint density at radius 3 is 2.17 bits per heavy atom. The lowest BCUT2D eigenvalue weighted by atomic mass is 9.87. The Labute approximate surface area is 76.7 Å². The molecule has 1 unspecified atom stereocenters. The molecule has 0 aromatic rings. The Kier molecular flexibility index (Phi) is 5.51. The lowest BCUT2D eigenvalue weighted by molar-refractivity contribution is 0.327. The maximum atomic E-state index is 5.96. The molecule has 4 N–H and O–H groups in total. The number of rotatable bonds is 5. The van der Waals surface area contributed by atoms with Crippen molar-refractivity contribution in [1.29, 1.82) is 0 Å². The molecule has 0 aliphatic carbocycles. The SMILES string of the molecule is CC(C)(C)CC(N)CCCCN. The van der Waals surface area contributed by atoms with Gasteiger partial charge in [-0.05, 0) is 31.2 Å². The van der Waals surface area contributed by atoms with Crippen LogP contribution in [0, 0.1) is 5.41 Å². The van der Waals surface area contributed by atoms with E-state index < -0.39 is 0 Å². The monoisotopic (exact) mass is 172 g/mol. The van der Waals surface area contributed by atoms with E-state index in [1.807, 2.05) is 0 Å². The highest BCUT2D eigenvalue weighted by Crippen LogP contribution is 2.21. The molecule has 0 fully saturated rings. The molecule has 0 aromatic heterocycles. The van der Waals surface area contributed by atoms with Gasteiger partial charge in [-0.2, -0.15) is 0 Å². The second-order valence-electron chi connectivity index (χ2n) is 4.81. The fraction of sp³-hybridized carbons (Fsp3) is 1.00. The van der Waals surface area contributed by atoms with Gasteiger partial charge in [-0.3, -0.25) is 0 Å². The highest BCUT2D eigenvalue weighted by Gasteiger charge is 2.14. The van der Waals surface area contributed by atoms with Crippen molar-refractivity contribution in [1.82, 2.24) is 0 Å².